The predicted octanol–water partition coefficient (Wildman–Crippen LogP) is 6.29. The standard InChI is InChI=1S/C45H52F3N5O8/c1-52(20-5-3-4-6-21-61-33-16-17-34-35(25-33)44(59)53(43(34)58)37-18-19-39(54)51-42(37)57)40(55)23-29-8-7-9-30(22-29)26-50-41(56)36-24-31(38(60-2)27-49-36)13-10-28-11-14-32(15-12-28)45(46,47)48/h7-10,13,16-17,22,24-25,27-28,32,37,44,59H,3-6,11-12,14-15,18-21,23,26H2,1-2H3,(H,50,56)(H,51,54,57)/b13-10+/t28-,32-,37?,44?. The Morgan fingerprint density at radius 2 is 1.75 bits per heavy atom. The largest absolute Gasteiger partial charge is 0.495 e. The van der Waals surface area contributed by atoms with E-state index in [0.717, 1.165) is 41.7 Å². The number of amides is 5. The van der Waals surface area contributed by atoms with Crippen LogP contribution in [0.15, 0.2) is 60.8 Å². The van der Waals surface area contributed by atoms with Crippen LogP contribution >= 0.6 is 0 Å². The van der Waals surface area contributed by atoms with E-state index in [4.69, 9.17) is 9.47 Å². The molecule has 326 valence electrons. The zero-order chi connectivity index (χ0) is 43.7. The van der Waals surface area contributed by atoms with Gasteiger partial charge in [-0.3, -0.25) is 34.2 Å². The number of carbonyl (C=O) groups excluding carboxylic acids is 5. The molecule has 2 fully saturated rings. The molecule has 16 heteroatoms. The number of nitrogens with one attached hydrogen (secondary N) is 2. The maximum Gasteiger partial charge on any atom is 0.391 e. The van der Waals surface area contributed by atoms with Crippen LogP contribution in [0, 0.1) is 11.8 Å². The lowest BCUT2D eigenvalue weighted by atomic mass is 9.81. The number of rotatable bonds is 17. The summed E-state index contributed by atoms with van der Waals surface area (Å²) in [6.07, 6.45) is 4.46. The summed E-state index contributed by atoms with van der Waals surface area (Å²) in [6.45, 7) is 1.21. The summed E-state index contributed by atoms with van der Waals surface area (Å²) in [4.78, 5) is 70.0. The van der Waals surface area contributed by atoms with E-state index in [1.54, 1.807) is 42.3 Å². The van der Waals surface area contributed by atoms with Crippen molar-refractivity contribution in [1.29, 1.82) is 0 Å². The second-order valence-electron chi connectivity index (χ2n) is 15.9. The van der Waals surface area contributed by atoms with Gasteiger partial charge in [-0.05, 0) is 86.3 Å². The molecule has 3 heterocycles. The number of benzene rings is 2. The first-order valence-electron chi connectivity index (χ1n) is 20.7. The number of halogens is 3. The number of hydrogen-bond donors (Lipinski definition) is 3. The summed E-state index contributed by atoms with van der Waals surface area (Å²) >= 11 is 0. The molecular weight excluding hydrogens is 796 g/mol. The smallest absolute Gasteiger partial charge is 0.391 e. The maximum atomic E-state index is 13.1. The van der Waals surface area contributed by atoms with Gasteiger partial charge in [0, 0.05) is 43.2 Å². The number of imide groups is 1. The number of aliphatic hydroxyl groups excluding tert-OH is 1. The molecule has 6 rings (SSSR count). The molecule has 1 aliphatic carbocycles. The van der Waals surface area contributed by atoms with Gasteiger partial charge in [0.1, 0.15) is 23.2 Å². The molecular formula is C45H52F3N5O8. The van der Waals surface area contributed by atoms with Crippen molar-refractivity contribution in [2.24, 2.45) is 11.8 Å². The van der Waals surface area contributed by atoms with E-state index in [1.807, 2.05) is 30.3 Å². The number of methoxy groups -OCH3 is 1. The molecule has 2 unspecified atom stereocenters. The van der Waals surface area contributed by atoms with Gasteiger partial charge < -0.3 is 24.8 Å². The van der Waals surface area contributed by atoms with Crippen LogP contribution in [-0.2, 0) is 27.3 Å². The van der Waals surface area contributed by atoms with Crippen LogP contribution in [0.4, 0.5) is 13.2 Å². The van der Waals surface area contributed by atoms with E-state index in [-0.39, 0.29) is 56.2 Å². The van der Waals surface area contributed by atoms with Crippen molar-refractivity contribution in [2.45, 2.75) is 95.6 Å². The average molecular weight is 848 g/mol. The number of carbonyl (C=O) groups is 5. The second kappa shape index (κ2) is 20.2. The first kappa shape index (κ1) is 44.8. The molecule has 0 radical (unpaired) electrons. The van der Waals surface area contributed by atoms with Gasteiger partial charge in [-0.15, -0.1) is 0 Å². The zero-order valence-corrected chi connectivity index (χ0v) is 34.3. The number of ether oxygens (including phenoxy) is 2. The number of allylic oxidation sites excluding steroid dienone is 1. The highest BCUT2D eigenvalue weighted by Gasteiger charge is 2.44. The van der Waals surface area contributed by atoms with Crippen molar-refractivity contribution >= 4 is 35.6 Å². The Balaban J connectivity index is 0.886. The van der Waals surface area contributed by atoms with Crippen LogP contribution in [-0.4, -0.2) is 89.0 Å². The fourth-order valence-electron chi connectivity index (χ4n) is 8.01. The fraction of sp³-hybridized carbons (Fsp3) is 0.467. The Labute approximate surface area is 352 Å². The first-order valence-corrected chi connectivity index (χ1v) is 20.7. The van der Waals surface area contributed by atoms with Gasteiger partial charge in [-0.25, -0.2) is 4.98 Å². The highest BCUT2D eigenvalue weighted by Crippen LogP contribution is 2.40. The molecule has 1 saturated heterocycles. The third-order valence-corrected chi connectivity index (χ3v) is 11.6. The lowest BCUT2D eigenvalue weighted by Gasteiger charge is -2.31. The predicted molar refractivity (Wildman–Crippen MR) is 218 cm³/mol. The summed E-state index contributed by atoms with van der Waals surface area (Å²) in [5.41, 5.74) is 3.05. The van der Waals surface area contributed by atoms with Crippen molar-refractivity contribution in [3.63, 3.8) is 0 Å². The Morgan fingerprint density at radius 1 is 1.00 bits per heavy atom. The Kier molecular flexibility index (Phi) is 14.8. The topological polar surface area (TPSA) is 167 Å². The van der Waals surface area contributed by atoms with Crippen LogP contribution < -0.4 is 20.1 Å². The van der Waals surface area contributed by atoms with Crippen molar-refractivity contribution in [3.8, 4) is 11.5 Å². The van der Waals surface area contributed by atoms with Crippen LogP contribution in [0.3, 0.4) is 0 Å². The zero-order valence-electron chi connectivity index (χ0n) is 34.3. The SMILES string of the molecule is COc1cnc(C(=O)NCc2cccc(CC(=O)N(C)CCCCCCOc3ccc4c(c3)C(O)N(C3CCC(=O)NC3=O)C4=O)c2)cc1/C=C/[C@H]1CC[C@H](C(F)(F)F)CC1. The number of aliphatic hydroxyl groups is 1. The molecule has 2 aromatic carbocycles. The van der Waals surface area contributed by atoms with Gasteiger partial charge in [0.05, 0.1) is 32.3 Å². The van der Waals surface area contributed by atoms with Crippen LogP contribution in [0.25, 0.3) is 6.08 Å². The van der Waals surface area contributed by atoms with Gasteiger partial charge in [0.2, 0.25) is 17.7 Å². The lowest BCUT2D eigenvalue weighted by molar-refractivity contribution is -0.183. The third-order valence-electron chi connectivity index (χ3n) is 11.6. The summed E-state index contributed by atoms with van der Waals surface area (Å²) in [7, 11) is 3.26. The first-order chi connectivity index (χ1) is 29.2. The van der Waals surface area contributed by atoms with Gasteiger partial charge >= 0.3 is 6.18 Å². The van der Waals surface area contributed by atoms with Crippen molar-refractivity contribution < 1.29 is 51.7 Å². The fourth-order valence-corrected chi connectivity index (χ4v) is 8.01. The monoisotopic (exact) mass is 847 g/mol. The molecule has 3 aliphatic rings. The summed E-state index contributed by atoms with van der Waals surface area (Å²) < 4.78 is 50.5. The number of alkyl halides is 3. The summed E-state index contributed by atoms with van der Waals surface area (Å²) in [5, 5.41) is 16.0. The molecule has 5 amide bonds. The third kappa shape index (κ3) is 11.5. The van der Waals surface area contributed by atoms with Crippen molar-refractivity contribution in [1.82, 2.24) is 25.4 Å². The number of hydrogen-bond acceptors (Lipinski definition) is 9. The van der Waals surface area contributed by atoms with E-state index in [1.165, 1.54) is 13.3 Å². The summed E-state index contributed by atoms with van der Waals surface area (Å²) in [6, 6.07) is 12.9. The molecule has 13 nitrogen and oxygen atoms in total. The van der Waals surface area contributed by atoms with Gasteiger partial charge in [-0.2, -0.15) is 13.2 Å². The highest BCUT2D eigenvalue weighted by molar-refractivity contribution is 6.05. The molecule has 2 aliphatic heterocycles. The quantitative estimate of drug-likeness (QED) is 0.104. The minimum Gasteiger partial charge on any atom is -0.495 e. The van der Waals surface area contributed by atoms with E-state index < -0.39 is 48.0 Å². The van der Waals surface area contributed by atoms with E-state index in [9.17, 15) is 42.3 Å². The van der Waals surface area contributed by atoms with Crippen LogP contribution in [0.5, 0.6) is 11.5 Å². The number of fused-ring (bicyclic) bond motifs is 1. The number of pyridine rings is 1. The Hall–Kier alpha value is -5.77. The summed E-state index contributed by atoms with van der Waals surface area (Å²) in [5.74, 6) is -2.22. The van der Waals surface area contributed by atoms with Gasteiger partial charge in [0.25, 0.3) is 11.8 Å². The number of likely N-dealkylation sites (N-methyl/N-ethyl adjacent to an activating group) is 1. The van der Waals surface area contributed by atoms with Gasteiger partial charge in [-0.1, -0.05) is 49.3 Å². The Bertz CT molecular complexity index is 2120. The molecule has 3 aromatic rings. The normalized spacial score (nSPS) is 20.4. The molecule has 0 spiro atoms. The van der Waals surface area contributed by atoms with Crippen molar-refractivity contribution in [2.75, 3.05) is 27.3 Å². The molecule has 0 bridgehead atoms. The number of piperidine rings is 1. The van der Waals surface area contributed by atoms with E-state index in [2.05, 4.69) is 15.6 Å². The van der Waals surface area contributed by atoms with Gasteiger partial charge in [0.15, 0.2) is 6.23 Å². The molecule has 61 heavy (non-hydrogen) atoms. The highest BCUT2D eigenvalue weighted by atomic mass is 19.4. The molecule has 1 saturated carbocycles. The average Bonchev–Trinajstić information content (AvgIpc) is 3.48. The Morgan fingerprint density at radius 3 is 2.49 bits per heavy atom. The molecule has 3 N–H and O–H groups in total. The number of aromatic nitrogens is 1. The minimum atomic E-state index is -4.16. The minimum absolute atomic E-state index is 0.00751. The van der Waals surface area contributed by atoms with Crippen molar-refractivity contribution in [3.05, 3.63) is 94.3 Å². The maximum absolute atomic E-state index is 13.1. The molecule has 2 atom stereocenters. The second-order valence-corrected chi connectivity index (χ2v) is 15.9. The lowest BCUT2D eigenvalue weighted by Crippen LogP contribution is -2.53. The van der Waals surface area contributed by atoms with E-state index in [0.29, 0.717) is 54.2 Å². The molecule has 1 aromatic heterocycles. The van der Waals surface area contributed by atoms with Crippen LogP contribution in [0.2, 0.25) is 0 Å². The number of nitrogens with zero attached hydrogens (tertiary/aromatic N) is 3. The van der Waals surface area contributed by atoms with Crippen LogP contribution in [0.1, 0.15) is 114 Å². The van der Waals surface area contributed by atoms with E-state index >= 15 is 0 Å². The number of unbranched alkanes of at least 4 members (excludes halogenated alkanes) is 3.